The van der Waals surface area contributed by atoms with Gasteiger partial charge in [-0.1, -0.05) is 29.8 Å². The predicted octanol–water partition coefficient (Wildman–Crippen LogP) is 4.00. The van der Waals surface area contributed by atoms with Gasteiger partial charge in [-0.05, 0) is 55.7 Å². The lowest BCUT2D eigenvalue weighted by Crippen LogP contribution is -2.36. The van der Waals surface area contributed by atoms with Crippen LogP contribution < -0.4 is 10.1 Å². The van der Waals surface area contributed by atoms with Gasteiger partial charge < -0.3 is 10.1 Å². The molecule has 0 fully saturated rings. The first kappa shape index (κ1) is 17.3. The van der Waals surface area contributed by atoms with E-state index < -0.39 is 6.10 Å². The van der Waals surface area contributed by atoms with E-state index in [4.69, 9.17) is 16.3 Å². The zero-order valence-corrected chi connectivity index (χ0v) is 13.6. The zero-order chi connectivity index (χ0) is 16.7. The number of ether oxygens (including phenoxy) is 1. The molecule has 0 radical (unpaired) electrons. The lowest BCUT2D eigenvalue weighted by molar-refractivity contribution is -0.127. The van der Waals surface area contributed by atoms with Crippen LogP contribution >= 0.6 is 11.6 Å². The van der Waals surface area contributed by atoms with E-state index in [1.54, 1.807) is 6.92 Å². The summed E-state index contributed by atoms with van der Waals surface area (Å²) in [5.41, 5.74) is 1.07. The Morgan fingerprint density at radius 2 is 1.91 bits per heavy atom. The highest BCUT2D eigenvalue weighted by Gasteiger charge is 2.14. The number of halogens is 2. The van der Waals surface area contributed by atoms with Crippen molar-refractivity contribution in [3.05, 3.63) is 64.9 Å². The number of rotatable bonds is 7. The van der Waals surface area contributed by atoms with Crippen LogP contribution in [-0.2, 0) is 11.2 Å². The lowest BCUT2D eigenvalue weighted by atomic mass is 10.1. The number of hydrogen-bond donors (Lipinski definition) is 1. The van der Waals surface area contributed by atoms with Gasteiger partial charge in [-0.15, -0.1) is 0 Å². The van der Waals surface area contributed by atoms with Crippen molar-refractivity contribution in [2.45, 2.75) is 25.9 Å². The largest absolute Gasteiger partial charge is 0.481 e. The molecule has 122 valence electrons. The fourth-order valence-electron chi connectivity index (χ4n) is 2.11. The van der Waals surface area contributed by atoms with E-state index in [-0.39, 0.29) is 11.7 Å². The quantitative estimate of drug-likeness (QED) is 0.777. The van der Waals surface area contributed by atoms with Crippen molar-refractivity contribution in [3.8, 4) is 5.75 Å². The topological polar surface area (TPSA) is 38.3 Å². The Bertz CT molecular complexity index is 646. The predicted molar refractivity (Wildman–Crippen MR) is 89.3 cm³/mol. The van der Waals surface area contributed by atoms with Gasteiger partial charge in [-0.25, -0.2) is 4.39 Å². The van der Waals surface area contributed by atoms with Gasteiger partial charge in [-0.3, -0.25) is 4.79 Å². The van der Waals surface area contributed by atoms with E-state index in [0.29, 0.717) is 12.3 Å². The second kappa shape index (κ2) is 8.53. The molecule has 0 saturated heterocycles. The molecule has 0 aromatic heterocycles. The average molecular weight is 336 g/mol. The van der Waals surface area contributed by atoms with Gasteiger partial charge in [0.25, 0.3) is 5.91 Å². The Balaban J connectivity index is 1.72. The number of carbonyl (C=O) groups excluding carboxylic acids is 1. The number of amides is 1. The molecule has 0 aliphatic heterocycles. The maximum Gasteiger partial charge on any atom is 0.260 e. The molecule has 0 aliphatic rings. The van der Waals surface area contributed by atoms with Crippen LogP contribution in [0.4, 0.5) is 4.39 Å². The molecule has 0 aliphatic carbocycles. The molecule has 1 unspecified atom stereocenters. The Morgan fingerprint density at radius 3 is 2.61 bits per heavy atom. The van der Waals surface area contributed by atoms with Crippen LogP contribution in [0.3, 0.4) is 0 Å². The summed E-state index contributed by atoms with van der Waals surface area (Å²) in [4.78, 5) is 12.0. The van der Waals surface area contributed by atoms with Crippen LogP contribution in [0, 0.1) is 5.82 Å². The molecule has 0 saturated carbocycles. The number of nitrogens with one attached hydrogen (secondary N) is 1. The molecule has 23 heavy (non-hydrogen) atoms. The van der Waals surface area contributed by atoms with Crippen molar-refractivity contribution in [2.75, 3.05) is 6.54 Å². The summed E-state index contributed by atoms with van der Waals surface area (Å²) >= 11 is 6.08. The van der Waals surface area contributed by atoms with Crippen molar-refractivity contribution in [1.82, 2.24) is 5.32 Å². The van der Waals surface area contributed by atoms with Gasteiger partial charge in [0.05, 0.1) is 0 Å². The highest BCUT2D eigenvalue weighted by molar-refractivity contribution is 6.31. The summed E-state index contributed by atoms with van der Waals surface area (Å²) in [5.74, 6) is -0.0763. The number of benzene rings is 2. The third kappa shape index (κ3) is 5.57. The van der Waals surface area contributed by atoms with Crippen LogP contribution in [0.25, 0.3) is 0 Å². The first-order chi connectivity index (χ1) is 11.1. The maximum atomic E-state index is 12.8. The molecule has 0 heterocycles. The molecule has 1 amide bonds. The normalized spacial score (nSPS) is 11.8. The number of carbonyl (C=O) groups is 1. The van der Waals surface area contributed by atoms with Gasteiger partial charge >= 0.3 is 0 Å². The third-order valence-electron chi connectivity index (χ3n) is 3.38. The fourth-order valence-corrected chi connectivity index (χ4v) is 2.34. The number of aryl methyl sites for hydroxylation is 1. The minimum Gasteiger partial charge on any atom is -0.481 e. The first-order valence-corrected chi connectivity index (χ1v) is 7.87. The van der Waals surface area contributed by atoms with E-state index in [1.807, 2.05) is 24.3 Å². The summed E-state index contributed by atoms with van der Waals surface area (Å²) in [6.07, 6.45) is 0.951. The van der Waals surface area contributed by atoms with Crippen LogP contribution in [0.15, 0.2) is 48.5 Å². The van der Waals surface area contributed by atoms with Gasteiger partial charge in [0.1, 0.15) is 11.6 Å². The molecule has 5 heteroatoms. The van der Waals surface area contributed by atoms with Crippen LogP contribution in [0.1, 0.15) is 18.9 Å². The Hall–Kier alpha value is -2.07. The van der Waals surface area contributed by atoms with E-state index in [9.17, 15) is 9.18 Å². The Kier molecular flexibility index (Phi) is 6.41. The van der Waals surface area contributed by atoms with E-state index in [1.165, 1.54) is 24.3 Å². The van der Waals surface area contributed by atoms with Crippen molar-refractivity contribution in [2.24, 2.45) is 0 Å². The van der Waals surface area contributed by atoms with E-state index in [2.05, 4.69) is 5.32 Å². The van der Waals surface area contributed by atoms with Crippen molar-refractivity contribution < 1.29 is 13.9 Å². The zero-order valence-electron chi connectivity index (χ0n) is 12.9. The second-order valence-corrected chi connectivity index (χ2v) is 5.61. The molecule has 0 bridgehead atoms. The molecule has 1 atom stereocenters. The van der Waals surface area contributed by atoms with E-state index >= 15 is 0 Å². The van der Waals surface area contributed by atoms with Crippen LogP contribution in [0.2, 0.25) is 5.02 Å². The van der Waals surface area contributed by atoms with Crippen LogP contribution in [-0.4, -0.2) is 18.6 Å². The lowest BCUT2D eigenvalue weighted by Gasteiger charge is -2.14. The van der Waals surface area contributed by atoms with Gasteiger partial charge in [0.15, 0.2) is 6.10 Å². The highest BCUT2D eigenvalue weighted by atomic mass is 35.5. The molecule has 2 aromatic rings. The van der Waals surface area contributed by atoms with Crippen molar-refractivity contribution >= 4 is 17.5 Å². The summed E-state index contributed by atoms with van der Waals surface area (Å²) in [6, 6.07) is 13.2. The first-order valence-electron chi connectivity index (χ1n) is 7.49. The molecule has 3 nitrogen and oxygen atoms in total. The molecule has 1 N–H and O–H groups in total. The smallest absolute Gasteiger partial charge is 0.260 e. The molecular formula is C18H19ClFNO2. The van der Waals surface area contributed by atoms with Crippen LogP contribution in [0.5, 0.6) is 5.75 Å². The average Bonchev–Trinajstić information content (AvgIpc) is 2.55. The standard InChI is InChI=1S/C18H19ClFNO2/c1-13(23-16-10-8-15(20)9-11-16)18(22)21-12-4-6-14-5-2-3-7-17(14)19/h2-3,5,7-11,13H,4,6,12H2,1H3,(H,21,22). The second-order valence-electron chi connectivity index (χ2n) is 5.20. The maximum absolute atomic E-state index is 12.8. The number of hydrogen-bond acceptors (Lipinski definition) is 2. The van der Waals surface area contributed by atoms with Crippen molar-refractivity contribution in [1.29, 1.82) is 0 Å². The van der Waals surface area contributed by atoms with E-state index in [0.717, 1.165) is 23.4 Å². The van der Waals surface area contributed by atoms with Gasteiger partial charge in [0, 0.05) is 11.6 Å². The Morgan fingerprint density at radius 1 is 1.22 bits per heavy atom. The Labute approximate surface area is 140 Å². The summed E-state index contributed by atoms with van der Waals surface area (Å²) in [7, 11) is 0. The van der Waals surface area contributed by atoms with Crippen molar-refractivity contribution in [3.63, 3.8) is 0 Å². The summed E-state index contributed by atoms with van der Waals surface area (Å²) in [5, 5.41) is 3.57. The SMILES string of the molecule is CC(Oc1ccc(F)cc1)C(=O)NCCCc1ccccc1Cl. The summed E-state index contributed by atoms with van der Waals surface area (Å²) < 4.78 is 18.3. The summed E-state index contributed by atoms with van der Waals surface area (Å²) in [6.45, 7) is 2.20. The van der Waals surface area contributed by atoms with Gasteiger partial charge in [-0.2, -0.15) is 0 Å². The molecule has 2 rings (SSSR count). The molecule has 0 spiro atoms. The molecule has 2 aromatic carbocycles. The highest BCUT2D eigenvalue weighted by Crippen LogP contribution is 2.16. The molecular weight excluding hydrogens is 317 g/mol. The fraction of sp³-hybridized carbons (Fsp3) is 0.278. The monoisotopic (exact) mass is 335 g/mol. The third-order valence-corrected chi connectivity index (χ3v) is 3.74. The minimum absolute atomic E-state index is 0.200. The van der Waals surface area contributed by atoms with Gasteiger partial charge in [0.2, 0.25) is 0 Å². The minimum atomic E-state index is -0.638.